The normalized spacial score (nSPS) is 11.8. The number of rotatable bonds is 30. The highest BCUT2D eigenvalue weighted by atomic mass is 32.1. The molecule has 0 aliphatic rings. The summed E-state index contributed by atoms with van der Waals surface area (Å²) in [5, 5.41) is 2.30. The lowest BCUT2D eigenvalue weighted by Gasteiger charge is -2.02. The molecule has 0 spiro atoms. The Kier molecular flexibility index (Phi) is 21.4. The zero-order valence-electron chi connectivity index (χ0n) is 47.2. The van der Waals surface area contributed by atoms with E-state index in [4.69, 9.17) is 0 Å². The Balaban J connectivity index is 0.904. The summed E-state index contributed by atoms with van der Waals surface area (Å²) in [7, 11) is 0. The fourth-order valence-electron chi connectivity index (χ4n) is 10.6. The Bertz CT molecular complexity index is 3470. The first kappa shape index (κ1) is 58.0. The molecule has 0 saturated heterocycles. The van der Waals surface area contributed by atoms with Crippen LogP contribution in [0, 0.1) is 6.92 Å². The SMILES string of the molecule is CCCCCCc1ccsc1-c1ccc(-c2ccc(-c3sc(-c4cc(CCCCCC)c(-c5ccc(-c6ccc(-c7sc(-c8ccc(/C=C/c9ccc(C)cc9)cc8)cc7CCCCCC)s6)s5)s4)cc3CCCCCC)s2)s1. The van der Waals surface area contributed by atoms with Gasteiger partial charge < -0.3 is 0 Å². The van der Waals surface area contributed by atoms with Gasteiger partial charge in [-0.15, -0.1) is 90.7 Å². The minimum absolute atomic E-state index is 1.13. The van der Waals surface area contributed by atoms with Crippen LogP contribution in [0.15, 0.2) is 127 Å². The molecule has 0 aliphatic carbocycles. The summed E-state index contributed by atoms with van der Waals surface area (Å²) in [5.74, 6) is 0. The maximum Gasteiger partial charge on any atom is 0.0481 e. The predicted molar refractivity (Wildman–Crippen MR) is 364 cm³/mol. The van der Waals surface area contributed by atoms with Crippen LogP contribution in [0.4, 0.5) is 0 Å². The molecule has 10 aromatic rings. The van der Waals surface area contributed by atoms with Gasteiger partial charge in [0.2, 0.25) is 0 Å². The van der Waals surface area contributed by atoms with E-state index < -0.39 is 0 Å². The van der Waals surface area contributed by atoms with Gasteiger partial charge in [-0.3, -0.25) is 0 Å². The second-order valence-electron chi connectivity index (χ2n) is 21.4. The summed E-state index contributed by atoms with van der Waals surface area (Å²) in [4.78, 5) is 21.4. The fourth-order valence-corrected chi connectivity index (χ4v) is 20.0. The van der Waals surface area contributed by atoms with Crippen LogP contribution < -0.4 is 0 Å². The Labute approximate surface area is 505 Å². The van der Waals surface area contributed by atoms with E-state index in [0.717, 1.165) is 19.3 Å². The fraction of sp³-hybridized carbons (Fsp3) is 0.352. The molecule has 0 bridgehead atoms. The van der Waals surface area contributed by atoms with Crippen molar-refractivity contribution < 1.29 is 0 Å². The van der Waals surface area contributed by atoms with Crippen LogP contribution in [0.25, 0.3) is 90.9 Å². The van der Waals surface area contributed by atoms with Crippen molar-refractivity contribution >= 4 is 103 Å². The predicted octanol–water partition coefficient (Wildman–Crippen LogP) is 26.5. The van der Waals surface area contributed by atoms with Crippen molar-refractivity contribution in [3.05, 3.63) is 166 Å². The maximum atomic E-state index is 2.59. The van der Waals surface area contributed by atoms with E-state index in [0.29, 0.717) is 0 Å². The lowest BCUT2D eigenvalue weighted by atomic mass is 10.0. The highest BCUT2D eigenvalue weighted by Crippen LogP contribution is 2.51. The van der Waals surface area contributed by atoms with E-state index in [9.17, 15) is 0 Å². The number of unbranched alkanes of at least 4 members (excludes halogenated alkanes) is 12. The lowest BCUT2D eigenvalue weighted by molar-refractivity contribution is 0.668. The van der Waals surface area contributed by atoms with Crippen molar-refractivity contribution in [2.24, 2.45) is 0 Å². The van der Waals surface area contributed by atoms with Gasteiger partial charge in [0.15, 0.2) is 0 Å². The van der Waals surface area contributed by atoms with Gasteiger partial charge in [0, 0.05) is 73.2 Å². The molecule has 0 atom stereocenters. The molecule has 0 nitrogen and oxygen atoms in total. The zero-order valence-corrected chi connectivity index (χ0v) is 53.7. The molecule has 0 radical (unpaired) electrons. The third-order valence-corrected chi connectivity index (χ3v) is 25.3. The Morgan fingerprint density at radius 1 is 0.291 bits per heavy atom. The van der Waals surface area contributed by atoms with Gasteiger partial charge in [-0.2, -0.15) is 0 Å². The summed E-state index contributed by atoms with van der Waals surface area (Å²) in [6.45, 7) is 11.4. The number of hydrogen-bond acceptors (Lipinski definition) is 8. The molecule has 0 amide bonds. The monoisotopic (exact) mass is 1190 g/mol. The van der Waals surface area contributed by atoms with Crippen LogP contribution in [-0.4, -0.2) is 0 Å². The van der Waals surface area contributed by atoms with Crippen molar-refractivity contribution in [1.29, 1.82) is 0 Å². The number of hydrogen-bond donors (Lipinski definition) is 0. The molecule has 0 saturated carbocycles. The molecule has 79 heavy (non-hydrogen) atoms. The van der Waals surface area contributed by atoms with E-state index in [1.165, 1.54) is 227 Å². The summed E-state index contributed by atoms with van der Waals surface area (Å²) in [6.07, 6.45) is 29.6. The zero-order chi connectivity index (χ0) is 54.3. The molecular weight excluding hydrogens is 1110 g/mol. The largest absolute Gasteiger partial charge is 0.143 e. The van der Waals surface area contributed by atoms with Gasteiger partial charge in [-0.25, -0.2) is 0 Å². The summed E-state index contributed by atoms with van der Waals surface area (Å²) >= 11 is 15.9. The van der Waals surface area contributed by atoms with Gasteiger partial charge in [0.05, 0.1) is 0 Å². The molecule has 410 valence electrons. The average molecular weight is 1190 g/mol. The minimum Gasteiger partial charge on any atom is -0.143 e. The summed E-state index contributed by atoms with van der Waals surface area (Å²) < 4.78 is 0. The molecule has 10 rings (SSSR count). The standard InChI is InChI=1S/C71H78S8/c1-6-10-14-18-22-53-44-45-72-68(53)61-40-36-57(73-61)58-38-42-63(75-58)70-55(24-20-16-12-8-3)47-66(78-70)67-48-56(25-21-17-13-9-4)71(79-67)64-43-39-60(76-64)59-37-41-62(74-59)69-54(23-19-15-11-7-2)46-65(77-69)52-34-32-51(33-35-52)31-30-50-28-26-49(5)27-29-50/h26-48H,6-25H2,1-5H3/b31-30+. The number of benzene rings is 2. The third-order valence-electron chi connectivity index (χ3n) is 15.2. The second-order valence-corrected chi connectivity index (χ2v) is 29.8. The van der Waals surface area contributed by atoms with Crippen LogP contribution in [0.2, 0.25) is 0 Å². The van der Waals surface area contributed by atoms with Crippen LogP contribution in [0.5, 0.6) is 0 Å². The van der Waals surface area contributed by atoms with Gasteiger partial charge in [0.25, 0.3) is 0 Å². The molecule has 0 N–H and O–H groups in total. The van der Waals surface area contributed by atoms with Crippen LogP contribution in [-0.2, 0) is 25.7 Å². The highest BCUT2D eigenvalue weighted by molar-refractivity contribution is 7.31. The maximum absolute atomic E-state index is 2.59. The van der Waals surface area contributed by atoms with Gasteiger partial charge >= 0.3 is 0 Å². The van der Waals surface area contributed by atoms with E-state index in [2.05, 4.69) is 173 Å². The Morgan fingerprint density at radius 3 is 1.04 bits per heavy atom. The van der Waals surface area contributed by atoms with Crippen LogP contribution in [0.3, 0.4) is 0 Å². The number of aryl methyl sites for hydroxylation is 5. The van der Waals surface area contributed by atoms with E-state index >= 15 is 0 Å². The van der Waals surface area contributed by atoms with Crippen LogP contribution in [0.1, 0.15) is 169 Å². The van der Waals surface area contributed by atoms with E-state index in [-0.39, 0.29) is 0 Å². The molecule has 0 fully saturated rings. The molecule has 8 heteroatoms. The minimum atomic E-state index is 1.13. The van der Waals surface area contributed by atoms with Crippen molar-refractivity contribution in [3.8, 4) is 78.7 Å². The molecular formula is C71H78S8. The van der Waals surface area contributed by atoms with Gasteiger partial charge in [-0.05, 0) is 175 Å². The Morgan fingerprint density at radius 2 is 0.633 bits per heavy atom. The van der Waals surface area contributed by atoms with Crippen LogP contribution >= 0.6 is 90.7 Å². The molecule has 0 aliphatic heterocycles. The van der Waals surface area contributed by atoms with Gasteiger partial charge in [0.1, 0.15) is 0 Å². The van der Waals surface area contributed by atoms with E-state index in [1.807, 2.05) is 90.7 Å². The van der Waals surface area contributed by atoms with Crippen molar-refractivity contribution in [1.82, 2.24) is 0 Å². The topological polar surface area (TPSA) is 0 Å². The van der Waals surface area contributed by atoms with Crippen molar-refractivity contribution in [2.45, 2.75) is 163 Å². The second kappa shape index (κ2) is 29.2. The van der Waals surface area contributed by atoms with Crippen molar-refractivity contribution in [3.63, 3.8) is 0 Å². The van der Waals surface area contributed by atoms with E-state index in [1.54, 1.807) is 0 Å². The Hall–Kier alpha value is -4.22. The quantitative estimate of drug-likeness (QED) is 0.0311. The first-order valence-corrected chi connectivity index (χ1v) is 36.2. The molecule has 8 aromatic heterocycles. The lowest BCUT2D eigenvalue weighted by Crippen LogP contribution is -1.85. The highest BCUT2D eigenvalue weighted by Gasteiger charge is 2.22. The first-order valence-electron chi connectivity index (χ1n) is 29.6. The molecule has 0 unspecified atom stereocenters. The third kappa shape index (κ3) is 15.1. The van der Waals surface area contributed by atoms with Crippen molar-refractivity contribution in [2.75, 3.05) is 0 Å². The smallest absolute Gasteiger partial charge is 0.0481 e. The first-order chi connectivity index (χ1) is 38.9. The summed E-state index contributed by atoms with van der Waals surface area (Å²) in [5.41, 5.74) is 11.2. The molecule has 8 heterocycles. The van der Waals surface area contributed by atoms with Gasteiger partial charge in [-0.1, -0.05) is 171 Å². The molecule has 2 aromatic carbocycles. The average Bonchev–Trinajstić information content (AvgIpc) is 4.33. The summed E-state index contributed by atoms with van der Waals surface area (Å²) in [6, 6.07) is 47.2. The number of thiophene rings is 8.